The van der Waals surface area contributed by atoms with Crippen molar-refractivity contribution in [3.8, 4) is 0 Å². The molecule has 5 nitrogen and oxygen atoms in total. The molecule has 2 amide bonds. The van der Waals surface area contributed by atoms with Crippen molar-refractivity contribution >= 4 is 12.0 Å². The van der Waals surface area contributed by atoms with Gasteiger partial charge in [-0.1, -0.05) is 6.92 Å². The lowest BCUT2D eigenvalue weighted by molar-refractivity contribution is -0.141. The van der Waals surface area contributed by atoms with Crippen LogP contribution in [0.3, 0.4) is 0 Å². The van der Waals surface area contributed by atoms with Crippen molar-refractivity contribution in [1.82, 2.24) is 9.80 Å². The molecule has 2 heterocycles. The van der Waals surface area contributed by atoms with Crippen LogP contribution in [0, 0.1) is 11.8 Å². The summed E-state index contributed by atoms with van der Waals surface area (Å²) in [6.45, 7) is 4.82. The van der Waals surface area contributed by atoms with E-state index in [1.54, 1.807) is 4.90 Å². The molecule has 0 saturated carbocycles. The zero-order valence-corrected chi connectivity index (χ0v) is 11.0. The molecule has 0 aliphatic carbocycles. The van der Waals surface area contributed by atoms with Crippen molar-refractivity contribution in [2.45, 2.75) is 32.6 Å². The van der Waals surface area contributed by atoms with E-state index in [-0.39, 0.29) is 11.9 Å². The first-order valence-corrected chi connectivity index (χ1v) is 6.84. The van der Waals surface area contributed by atoms with Crippen LogP contribution in [0.1, 0.15) is 32.6 Å². The van der Waals surface area contributed by atoms with Gasteiger partial charge in [-0.2, -0.15) is 0 Å². The molecule has 5 heteroatoms. The van der Waals surface area contributed by atoms with E-state index in [9.17, 15) is 9.59 Å². The quantitative estimate of drug-likeness (QED) is 0.773. The minimum atomic E-state index is -0.783. The van der Waals surface area contributed by atoms with E-state index >= 15 is 0 Å². The maximum absolute atomic E-state index is 12.3. The summed E-state index contributed by atoms with van der Waals surface area (Å²) >= 11 is 0. The van der Waals surface area contributed by atoms with Gasteiger partial charge in [0.2, 0.25) is 0 Å². The average molecular weight is 254 g/mol. The topological polar surface area (TPSA) is 60.9 Å². The van der Waals surface area contributed by atoms with Crippen LogP contribution in [0.15, 0.2) is 0 Å². The molecule has 0 spiro atoms. The van der Waals surface area contributed by atoms with E-state index in [1.165, 1.54) is 6.42 Å². The van der Waals surface area contributed by atoms with Crippen molar-refractivity contribution in [2.75, 3.05) is 26.2 Å². The van der Waals surface area contributed by atoms with Gasteiger partial charge in [0.15, 0.2) is 0 Å². The van der Waals surface area contributed by atoms with E-state index in [1.807, 2.05) is 4.90 Å². The number of carbonyl (C=O) groups excluding carboxylic acids is 1. The van der Waals surface area contributed by atoms with Crippen LogP contribution in [0.4, 0.5) is 4.79 Å². The number of nitrogens with zero attached hydrogens (tertiary/aromatic N) is 2. The number of likely N-dealkylation sites (tertiary alicyclic amines) is 2. The molecule has 1 N–H and O–H groups in total. The Labute approximate surface area is 108 Å². The van der Waals surface area contributed by atoms with Crippen molar-refractivity contribution in [3.63, 3.8) is 0 Å². The molecule has 2 rings (SSSR count). The number of hydrogen-bond donors (Lipinski definition) is 1. The predicted octanol–water partition coefficient (Wildman–Crippen LogP) is 1.63. The maximum atomic E-state index is 12.3. The van der Waals surface area contributed by atoms with Gasteiger partial charge in [-0.15, -0.1) is 0 Å². The highest BCUT2D eigenvalue weighted by molar-refractivity contribution is 5.77. The van der Waals surface area contributed by atoms with Gasteiger partial charge in [0.1, 0.15) is 0 Å². The first kappa shape index (κ1) is 13.2. The summed E-state index contributed by atoms with van der Waals surface area (Å²) in [6.07, 6.45) is 3.89. The number of urea groups is 1. The van der Waals surface area contributed by atoms with Gasteiger partial charge in [0, 0.05) is 26.2 Å². The molecule has 0 radical (unpaired) electrons. The molecule has 18 heavy (non-hydrogen) atoms. The third-order valence-electron chi connectivity index (χ3n) is 4.10. The summed E-state index contributed by atoms with van der Waals surface area (Å²) in [5.74, 6) is -0.470. The van der Waals surface area contributed by atoms with Crippen LogP contribution in [0.25, 0.3) is 0 Å². The number of hydrogen-bond acceptors (Lipinski definition) is 2. The minimum Gasteiger partial charge on any atom is -0.481 e. The molecule has 2 saturated heterocycles. The summed E-state index contributed by atoms with van der Waals surface area (Å²) in [6, 6.07) is 0.0350. The van der Waals surface area contributed by atoms with E-state index in [0.29, 0.717) is 25.4 Å². The predicted molar refractivity (Wildman–Crippen MR) is 67.3 cm³/mol. The van der Waals surface area contributed by atoms with Gasteiger partial charge in [-0.3, -0.25) is 4.79 Å². The van der Waals surface area contributed by atoms with Crippen LogP contribution in [0.2, 0.25) is 0 Å². The smallest absolute Gasteiger partial charge is 0.320 e. The fraction of sp³-hybridized carbons (Fsp3) is 0.846. The standard InChI is InChI=1S/C13H22N2O3/c1-10-3-2-6-14(7-4-10)13(18)15-8-5-11(9-15)12(16)17/h10-11H,2-9H2,1H3,(H,16,17). The lowest BCUT2D eigenvalue weighted by Crippen LogP contribution is -2.42. The van der Waals surface area contributed by atoms with E-state index in [0.717, 1.165) is 25.9 Å². The molecular formula is C13H22N2O3. The second-order valence-corrected chi connectivity index (χ2v) is 5.58. The Balaban J connectivity index is 1.89. The van der Waals surface area contributed by atoms with E-state index in [2.05, 4.69) is 6.92 Å². The SMILES string of the molecule is CC1CCCN(C(=O)N2CCC(C(=O)O)C2)CC1. The first-order chi connectivity index (χ1) is 8.58. The van der Waals surface area contributed by atoms with Gasteiger partial charge in [-0.25, -0.2) is 4.79 Å². The van der Waals surface area contributed by atoms with Gasteiger partial charge in [-0.05, 0) is 31.6 Å². The van der Waals surface area contributed by atoms with Crippen molar-refractivity contribution < 1.29 is 14.7 Å². The van der Waals surface area contributed by atoms with Crippen LogP contribution in [0.5, 0.6) is 0 Å². The fourth-order valence-corrected chi connectivity index (χ4v) is 2.79. The molecule has 102 valence electrons. The van der Waals surface area contributed by atoms with Gasteiger partial charge < -0.3 is 14.9 Å². The number of carboxylic acid groups (broad SMARTS) is 1. The third kappa shape index (κ3) is 2.94. The monoisotopic (exact) mass is 254 g/mol. The Morgan fingerprint density at radius 2 is 1.78 bits per heavy atom. The number of aliphatic carboxylic acids is 1. The van der Waals surface area contributed by atoms with E-state index < -0.39 is 5.97 Å². The summed E-state index contributed by atoms with van der Waals surface area (Å²) in [4.78, 5) is 26.8. The molecule has 2 unspecified atom stereocenters. The third-order valence-corrected chi connectivity index (χ3v) is 4.10. The highest BCUT2D eigenvalue weighted by atomic mass is 16.4. The fourth-order valence-electron chi connectivity index (χ4n) is 2.79. The molecule has 2 aliphatic rings. The first-order valence-electron chi connectivity index (χ1n) is 6.84. The summed E-state index contributed by atoms with van der Waals surface area (Å²) in [5.41, 5.74) is 0. The second-order valence-electron chi connectivity index (χ2n) is 5.58. The Bertz CT molecular complexity index is 332. The summed E-state index contributed by atoms with van der Waals surface area (Å²) in [7, 11) is 0. The molecular weight excluding hydrogens is 232 g/mol. The summed E-state index contributed by atoms with van der Waals surface area (Å²) < 4.78 is 0. The molecule has 0 bridgehead atoms. The number of amides is 2. The molecule has 2 aliphatic heterocycles. The number of carbonyl (C=O) groups is 2. The van der Waals surface area contributed by atoms with Crippen molar-refractivity contribution in [2.24, 2.45) is 11.8 Å². The van der Waals surface area contributed by atoms with Crippen molar-refractivity contribution in [3.05, 3.63) is 0 Å². The van der Waals surface area contributed by atoms with Crippen LogP contribution in [-0.4, -0.2) is 53.1 Å². The Kier molecular flexibility index (Phi) is 4.09. The average Bonchev–Trinajstić information content (AvgIpc) is 2.73. The Morgan fingerprint density at radius 3 is 2.44 bits per heavy atom. The molecule has 2 atom stereocenters. The second kappa shape index (κ2) is 5.59. The molecule has 0 aromatic carbocycles. The molecule has 0 aromatic heterocycles. The van der Waals surface area contributed by atoms with Crippen molar-refractivity contribution in [1.29, 1.82) is 0 Å². The molecule has 0 aromatic rings. The van der Waals surface area contributed by atoms with Gasteiger partial charge in [0.25, 0.3) is 0 Å². The lowest BCUT2D eigenvalue weighted by Gasteiger charge is -2.26. The Morgan fingerprint density at radius 1 is 1.06 bits per heavy atom. The van der Waals surface area contributed by atoms with Gasteiger partial charge in [0.05, 0.1) is 5.92 Å². The van der Waals surface area contributed by atoms with Crippen LogP contribution < -0.4 is 0 Å². The highest BCUT2D eigenvalue weighted by Crippen LogP contribution is 2.21. The van der Waals surface area contributed by atoms with Crippen LogP contribution >= 0.6 is 0 Å². The highest BCUT2D eigenvalue weighted by Gasteiger charge is 2.33. The Hall–Kier alpha value is -1.26. The van der Waals surface area contributed by atoms with Crippen LogP contribution in [-0.2, 0) is 4.79 Å². The lowest BCUT2D eigenvalue weighted by atomic mass is 10.0. The summed E-state index contributed by atoms with van der Waals surface area (Å²) in [5, 5.41) is 8.95. The largest absolute Gasteiger partial charge is 0.481 e. The van der Waals surface area contributed by atoms with E-state index in [4.69, 9.17) is 5.11 Å². The normalized spacial score (nSPS) is 29.2. The zero-order chi connectivity index (χ0) is 13.1. The van der Waals surface area contributed by atoms with Gasteiger partial charge >= 0.3 is 12.0 Å². The number of carboxylic acids is 1. The maximum Gasteiger partial charge on any atom is 0.320 e. The molecule has 2 fully saturated rings. The minimum absolute atomic E-state index is 0.0350. The zero-order valence-electron chi connectivity index (χ0n) is 11.0. The number of rotatable bonds is 1.